The van der Waals surface area contributed by atoms with Gasteiger partial charge in [-0.05, 0) is 17.0 Å². The van der Waals surface area contributed by atoms with Crippen molar-refractivity contribution < 1.29 is 0 Å². The summed E-state index contributed by atoms with van der Waals surface area (Å²) in [5, 5.41) is 4.48. The molecule has 0 spiro atoms. The second kappa shape index (κ2) is 4.58. The van der Waals surface area contributed by atoms with Crippen molar-refractivity contribution in [1.82, 2.24) is 9.78 Å². The van der Waals surface area contributed by atoms with Crippen LogP contribution in [0.1, 0.15) is 32.0 Å². The van der Waals surface area contributed by atoms with E-state index in [1.807, 2.05) is 17.8 Å². The molecule has 2 rings (SSSR count). The van der Waals surface area contributed by atoms with Gasteiger partial charge in [0.1, 0.15) is 0 Å². The minimum atomic E-state index is 0.186. The van der Waals surface area contributed by atoms with Crippen molar-refractivity contribution in [3.05, 3.63) is 41.6 Å². The lowest BCUT2D eigenvalue weighted by Crippen LogP contribution is -2.10. The van der Waals surface area contributed by atoms with E-state index in [9.17, 15) is 0 Å². The van der Waals surface area contributed by atoms with Crippen molar-refractivity contribution in [1.29, 1.82) is 0 Å². The standard InChI is InChI=1S/C15H21N3/c1-15(2,3)12-7-5-11(6-8-12)14-9-13(10-16)18(4)17-14/h5-9H,10,16H2,1-4H3. The third kappa shape index (κ3) is 2.46. The summed E-state index contributed by atoms with van der Waals surface area (Å²) in [7, 11) is 1.93. The Morgan fingerprint density at radius 2 is 1.78 bits per heavy atom. The number of hydrogen-bond donors (Lipinski definition) is 1. The van der Waals surface area contributed by atoms with Crippen LogP contribution in [0, 0.1) is 0 Å². The quantitative estimate of drug-likeness (QED) is 0.881. The molecule has 0 aliphatic carbocycles. The number of hydrogen-bond acceptors (Lipinski definition) is 2. The van der Waals surface area contributed by atoms with Gasteiger partial charge in [-0.2, -0.15) is 5.10 Å². The lowest BCUT2D eigenvalue weighted by atomic mass is 9.86. The van der Waals surface area contributed by atoms with E-state index in [1.54, 1.807) is 0 Å². The minimum Gasteiger partial charge on any atom is -0.325 e. The molecule has 0 radical (unpaired) electrons. The van der Waals surface area contributed by atoms with Crippen LogP contribution in [-0.4, -0.2) is 9.78 Å². The molecule has 1 aromatic heterocycles. The predicted molar refractivity (Wildman–Crippen MR) is 75.2 cm³/mol. The zero-order valence-electron chi connectivity index (χ0n) is 11.6. The summed E-state index contributed by atoms with van der Waals surface area (Å²) in [6.07, 6.45) is 0. The number of aromatic nitrogens is 2. The molecule has 3 nitrogen and oxygen atoms in total. The normalized spacial score (nSPS) is 11.8. The van der Waals surface area contributed by atoms with Gasteiger partial charge in [-0.15, -0.1) is 0 Å². The van der Waals surface area contributed by atoms with E-state index in [0.717, 1.165) is 17.0 Å². The Bertz CT molecular complexity index is 530. The van der Waals surface area contributed by atoms with Crippen LogP contribution in [0.5, 0.6) is 0 Å². The van der Waals surface area contributed by atoms with Crippen LogP contribution in [0.2, 0.25) is 0 Å². The summed E-state index contributed by atoms with van der Waals surface area (Å²) in [6, 6.07) is 10.6. The minimum absolute atomic E-state index is 0.186. The summed E-state index contributed by atoms with van der Waals surface area (Å²) in [4.78, 5) is 0. The highest BCUT2D eigenvalue weighted by molar-refractivity contribution is 5.60. The van der Waals surface area contributed by atoms with Crippen molar-refractivity contribution in [3.63, 3.8) is 0 Å². The van der Waals surface area contributed by atoms with Gasteiger partial charge in [0, 0.05) is 19.2 Å². The van der Waals surface area contributed by atoms with Crippen LogP contribution < -0.4 is 5.73 Å². The Hall–Kier alpha value is -1.61. The predicted octanol–water partition coefficient (Wildman–Crippen LogP) is 2.84. The molecule has 1 heterocycles. The zero-order valence-corrected chi connectivity index (χ0v) is 11.6. The molecule has 18 heavy (non-hydrogen) atoms. The maximum atomic E-state index is 5.66. The first-order valence-corrected chi connectivity index (χ1v) is 6.25. The SMILES string of the molecule is Cn1nc(-c2ccc(C(C)(C)C)cc2)cc1CN. The van der Waals surface area contributed by atoms with Crippen LogP contribution in [0.15, 0.2) is 30.3 Å². The Morgan fingerprint density at radius 1 is 1.17 bits per heavy atom. The van der Waals surface area contributed by atoms with Gasteiger partial charge in [-0.3, -0.25) is 4.68 Å². The molecule has 0 aliphatic rings. The summed E-state index contributed by atoms with van der Waals surface area (Å²) >= 11 is 0. The van der Waals surface area contributed by atoms with Crippen LogP contribution in [0.3, 0.4) is 0 Å². The van der Waals surface area contributed by atoms with Crippen molar-refractivity contribution in [2.45, 2.75) is 32.7 Å². The van der Waals surface area contributed by atoms with Gasteiger partial charge in [0.05, 0.1) is 11.4 Å². The molecular weight excluding hydrogens is 222 g/mol. The van der Waals surface area contributed by atoms with Gasteiger partial charge in [-0.25, -0.2) is 0 Å². The van der Waals surface area contributed by atoms with E-state index in [0.29, 0.717) is 6.54 Å². The van der Waals surface area contributed by atoms with Gasteiger partial charge < -0.3 is 5.73 Å². The monoisotopic (exact) mass is 243 g/mol. The topological polar surface area (TPSA) is 43.8 Å². The van der Waals surface area contributed by atoms with Crippen LogP contribution >= 0.6 is 0 Å². The van der Waals surface area contributed by atoms with Gasteiger partial charge in [0.2, 0.25) is 0 Å². The lowest BCUT2D eigenvalue weighted by molar-refractivity contribution is 0.590. The fourth-order valence-corrected chi connectivity index (χ4v) is 1.98. The average molecular weight is 243 g/mol. The highest BCUT2D eigenvalue weighted by Crippen LogP contribution is 2.25. The Morgan fingerprint density at radius 3 is 2.22 bits per heavy atom. The van der Waals surface area contributed by atoms with Gasteiger partial charge in [0.15, 0.2) is 0 Å². The van der Waals surface area contributed by atoms with Crippen molar-refractivity contribution in [2.24, 2.45) is 12.8 Å². The zero-order chi connectivity index (χ0) is 13.3. The number of rotatable bonds is 2. The highest BCUT2D eigenvalue weighted by Gasteiger charge is 2.13. The molecule has 0 unspecified atom stereocenters. The molecule has 2 N–H and O–H groups in total. The molecule has 0 amide bonds. The van der Waals surface area contributed by atoms with Gasteiger partial charge in [0.25, 0.3) is 0 Å². The average Bonchev–Trinajstić information content (AvgIpc) is 2.69. The second-order valence-corrected chi connectivity index (χ2v) is 5.68. The maximum Gasteiger partial charge on any atom is 0.0926 e. The maximum absolute atomic E-state index is 5.66. The first-order chi connectivity index (χ1) is 8.41. The fraction of sp³-hybridized carbons (Fsp3) is 0.400. The van der Waals surface area contributed by atoms with Gasteiger partial charge in [-0.1, -0.05) is 45.0 Å². The summed E-state index contributed by atoms with van der Waals surface area (Å²) < 4.78 is 1.84. The Balaban J connectivity index is 2.34. The van der Waals surface area contributed by atoms with Crippen molar-refractivity contribution in [3.8, 4) is 11.3 Å². The summed E-state index contributed by atoms with van der Waals surface area (Å²) in [6.45, 7) is 7.17. The molecule has 0 saturated heterocycles. The smallest absolute Gasteiger partial charge is 0.0926 e. The van der Waals surface area contributed by atoms with E-state index >= 15 is 0 Å². The lowest BCUT2D eigenvalue weighted by Gasteiger charge is -2.18. The molecule has 3 heteroatoms. The van der Waals surface area contributed by atoms with Crippen LogP contribution in [0.25, 0.3) is 11.3 Å². The fourth-order valence-electron chi connectivity index (χ4n) is 1.98. The molecular formula is C15H21N3. The van der Waals surface area contributed by atoms with E-state index in [2.05, 4.69) is 50.1 Å². The van der Waals surface area contributed by atoms with E-state index in [4.69, 9.17) is 5.73 Å². The Kier molecular flexibility index (Phi) is 3.26. The van der Waals surface area contributed by atoms with Crippen LogP contribution in [0.4, 0.5) is 0 Å². The molecule has 96 valence electrons. The van der Waals surface area contributed by atoms with Crippen molar-refractivity contribution in [2.75, 3.05) is 0 Å². The molecule has 0 saturated carbocycles. The third-order valence-corrected chi connectivity index (χ3v) is 3.23. The number of benzene rings is 1. The molecule has 1 aromatic carbocycles. The molecule has 0 bridgehead atoms. The van der Waals surface area contributed by atoms with E-state index < -0.39 is 0 Å². The molecule has 0 fully saturated rings. The number of aryl methyl sites for hydroxylation is 1. The largest absolute Gasteiger partial charge is 0.325 e. The molecule has 0 aliphatic heterocycles. The molecule has 0 atom stereocenters. The highest BCUT2D eigenvalue weighted by atomic mass is 15.3. The Labute approximate surface area is 109 Å². The van der Waals surface area contributed by atoms with E-state index in [-0.39, 0.29) is 5.41 Å². The van der Waals surface area contributed by atoms with E-state index in [1.165, 1.54) is 5.56 Å². The van der Waals surface area contributed by atoms with Gasteiger partial charge >= 0.3 is 0 Å². The van der Waals surface area contributed by atoms with Crippen molar-refractivity contribution >= 4 is 0 Å². The third-order valence-electron chi connectivity index (χ3n) is 3.23. The number of nitrogens with two attached hydrogens (primary N) is 1. The first-order valence-electron chi connectivity index (χ1n) is 6.25. The summed E-state index contributed by atoms with van der Waals surface area (Å²) in [5.74, 6) is 0. The molecule has 2 aromatic rings. The second-order valence-electron chi connectivity index (χ2n) is 5.68. The summed E-state index contributed by atoms with van der Waals surface area (Å²) in [5.41, 5.74) is 10.4. The first kappa shape index (κ1) is 12.8. The number of nitrogens with zero attached hydrogens (tertiary/aromatic N) is 2. The van der Waals surface area contributed by atoms with Crippen LogP contribution in [-0.2, 0) is 19.0 Å².